The normalized spacial score (nSPS) is 11.8. The van der Waals surface area contributed by atoms with Gasteiger partial charge in [0, 0.05) is 19.8 Å². The molecule has 2 heterocycles. The molecule has 0 aliphatic heterocycles. The lowest BCUT2D eigenvalue weighted by Gasteiger charge is -2.28. The highest BCUT2D eigenvalue weighted by molar-refractivity contribution is 5.75. The van der Waals surface area contributed by atoms with Crippen LogP contribution in [0.3, 0.4) is 0 Å². The lowest BCUT2D eigenvalue weighted by molar-refractivity contribution is -0.132. The predicted octanol–water partition coefficient (Wildman–Crippen LogP) is -0.0607. The van der Waals surface area contributed by atoms with Gasteiger partial charge in [-0.1, -0.05) is 19.9 Å². The number of carbonyl (C=O) groups excluding carboxylic acids is 1. The highest BCUT2D eigenvalue weighted by atomic mass is 16.2. The summed E-state index contributed by atoms with van der Waals surface area (Å²) in [6.45, 7) is 4.93. The van der Waals surface area contributed by atoms with Crippen molar-refractivity contribution >= 4 is 11.6 Å². The maximum Gasteiger partial charge on any atom is 0.350 e. The number of hydrogen-bond donors (Lipinski definition) is 1. The fourth-order valence-corrected chi connectivity index (χ4v) is 2.11. The molecular weight excluding hydrogens is 270 g/mol. The van der Waals surface area contributed by atoms with E-state index in [2.05, 4.69) is 5.10 Å². The van der Waals surface area contributed by atoms with Crippen molar-refractivity contribution in [3.8, 4) is 0 Å². The Bertz CT molecular complexity index is 701. The van der Waals surface area contributed by atoms with Crippen molar-refractivity contribution in [2.45, 2.75) is 20.4 Å². The maximum atomic E-state index is 12.2. The van der Waals surface area contributed by atoms with Gasteiger partial charge < -0.3 is 10.6 Å². The summed E-state index contributed by atoms with van der Waals surface area (Å²) in [7, 11) is 1.71. The number of pyridine rings is 1. The molecule has 0 atom stereocenters. The van der Waals surface area contributed by atoms with Crippen LogP contribution in [0.15, 0.2) is 29.2 Å². The summed E-state index contributed by atoms with van der Waals surface area (Å²) in [6.07, 6.45) is 1.63. The molecule has 0 spiro atoms. The first-order chi connectivity index (χ1) is 9.84. The molecule has 1 amide bonds. The van der Waals surface area contributed by atoms with Crippen molar-refractivity contribution in [1.82, 2.24) is 19.1 Å². The van der Waals surface area contributed by atoms with Crippen LogP contribution >= 0.6 is 0 Å². The van der Waals surface area contributed by atoms with E-state index in [4.69, 9.17) is 5.73 Å². The molecular formula is C14H21N5O2. The van der Waals surface area contributed by atoms with Gasteiger partial charge in [-0.3, -0.25) is 9.20 Å². The van der Waals surface area contributed by atoms with Gasteiger partial charge >= 0.3 is 5.69 Å². The Kier molecular flexibility index (Phi) is 4.13. The van der Waals surface area contributed by atoms with Gasteiger partial charge in [0.05, 0.1) is 0 Å². The Morgan fingerprint density at radius 2 is 2.14 bits per heavy atom. The van der Waals surface area contributed by atoms with E-state index in [9.17, 15) is 9.59 Å². The van der Waals surface area contributed by atoms with E-state index in [1.165, 1.54) is 9.08 Å². The zero-order valence-electron chi connectivity index (χ0n) is 12.6. The summed E-state index contributed by atoms with van der Waals surface area (Å²) < 4.78 is 2.60. The third-order valence-electron chi connectivity index (χ3n) is 3.42. The van der Waals surface area contributed by atoms with E-state index in [1.807, 2.05) is 13.8 Å². The average molecular weight is 291 g/mol. The first-order valence-corrected chi connectivity index (χ1v) is 6.82. The Labute approximate surface area is 123 Å². The molecule has 0 aliphatic carbocycles. The molecule has 2 aromatic rings. The third kappa shape index (κ3) is 3.30. The van der Waals surface area contributed by atoms with Gasteiger partial charge in [0.1, 0.15) is 6.54 Å². The van der Waals surface area contributed by atoms with Crippen molar-refractivity contribution in [3.05, 3.63) is 34.9 Å². The lowest BCUT2D eigenvalue weighted by atomic mass is 9.93. The topological polar surface area (TPSA) is 85.6 Å². The number of nitrogens with two attached hydrogens (primary N) is 1. The minimum Gasteiger partial charge on any atom is -0.344 e. The highest BCUT2D eigenvalue weighted by Gasteiger charge is 2.22. The zero-order chi connectivity index (χ0) is 15.6. The van der Waals surface area contributed by atoms with Gasteiger partial charge in [0.15, 0.2) is 5.65 Å². The second-order valence-corrected chi connectivity index (χ2v) is 5.99. The smallest absolute Gasteiger partial charge is 0.344 e. The molecule has 21 heavy (non-hydrogen) atoms. The SMILES string of the molecule is CN(CC(C)(C)CN)C(=O)Cn1nc2ccccn2c1=O. The highest BCUT2D eigenvalue weighted by Crippen LogP contribution is 2.13. The van der Waals surface area contributed by atoms with E-state index in [0.717, 1.165) is 0 Å². The molecule has 0 saturated carbocycles. The number of hydrogen-bond acceptors (Lipinski definition) is 4. The van der Waals surface area contributed by atoms with Crippen LogP contribution in [0, 0.1) is 5.41 Å². The van der Waals surface area contributed by atoms with Crippen LogP contribution < -0.4 is 11.4 Å². The Balaban J connectivity index is 2.15. The quantitative estimate of drug-likeness (QED) is 0.836. The number of nitrogens with zero attached hydrogens (tertiary/aromatic N) is 4. The number of fused-ring (bicyclic) bond motifs is 1. The van der Waals surface area contributed by atoms with Crippen LogP contribution in [-0.2, 0) is 11.3 Å². The zero-order valence-corrected chi connectivity index (χ0v) is 12.6. The second-order valence-electron chi connectivity index (χ2n) is 5.99. The number of carbonyl (C=O) groups is 1. The fraction of sp³-hybridized carbons (Fsp3) is 0.500. The van der Waals surface area contributed by atoms with Crippen molar-refractivity contribution in [3.63, 3.8) is 0 Å². The summed E-state index contributed by atoms with van der Waals surface area (Å²) in [5, 5.41) is 4.15. The second kappa shape index (κ2) is 5.69. The van der Waals surface area contributed by atoms with Crippen LogP contribution in [0.1, 0.15) is 13.8 Å². The molecule has 2 N–H and O–H groups in total. The molecule has 7 nitrogen and oxygen atoms in total. The summed E-state index contributed by atoms with van der Waals surface area (Å²) >= 11 is 0. The molecule has 2 aromatic heterocycles. The van der Waals surface area contributed by atoms with Crippen molar-refractivity contribution in [2.24, 2.45) is 11.1 Å². The minimum absolute atomic E-state index is 0.0718. The van der Waals surface area contributed by atoms with Gasteiger partial charge in [0.2, 0.25) is 5.91 Å². The number of likely N-dealkylation sites (N-methyl/N-ethyl adjacent to an activating group) is 1. The van der Waals surface area contributed by atoms with E-state index >= 15 is 0 Å². The van der Waals surface area contributed by atoms with Gasteiger partial charge in [-0.2, -0.15) is 0 Å². The van der Waals surface area contributed by atoms with E-state index in [-0.39, 0.29) is 23.6 Å². The lowest BCUT2D eigenvalue weighted by Crippen LogP contribution is -2.42. The summed E-state index contributed by atoms with van der Waals surface area (Å²) in [5.41, 5.74) is 5.73. The standard InChI is InChI=1S/C14H21N5O2/c1-14(2,9-15)10-17(3)12(20)8-19-13(21)18-7-5-4-6-11(18)16-19/h4-7H,8-10,15H2,1-3H3. The molecule has 0 bridgehead atoms. The first kappa shape index (κ1) is 15.2. The van der Waals surface area contributed by atoms with Gasteiger partial charge in [-0.25, -0.2) is 9.48 Å². The summed E-state index contributed by atoms with van der Waals surface area (Å²) in [5.74, 6) is -0.165. The molecule has 0 aromatic carbocycles. The largest absolute Gasteiger partial charge is 0.350 e. The predicted molar refractivity (Wildman–Crippen MR) is 79.9 cm³/mol. The van der Waals surface area contributed by atoms with E-state index in [0.29, 0.717) is 18.7 Å². The molecule has 0 saturated heterocycles. The molecule has 2 rings (SSSR count). The van der Waals surface area contributed by atoms with Gasteiger partial charge in [-0.05, 0) is 24.1 Å². The van der Waals surface area contributed by atoms with Crippen molar-refractivity contribution in [1.29, 1.82) is 0 Å². The number of aromatic nitrogens is 3. The molecule has 0 fully saturated rings. The minimum atomic E-state index is -0.314. The van der Waals surface area contributed by atoms with Crippen LogP contribution in [0.5, 0.6) is 0 Å². The third-order valence-corrected chi connectivity index (χ3v) is 3.42. The molecule has 0 aliphatic rings. The Morgan fingerprint density at radius 1 is 1.43 bits per heavy atom. The number of amides is 1. The molecule has 0 unspecified atom stereocenters. The van der Waals surface area contributed by atoms with Crippen LogP contribution in [0.25, 0.3) is 5.65 Å². The summed E-state index contributed by atoms with van der Waals surface area (Å²) in [4.78, 5) is 25.9. The Hall–Kier alpha value is -2.15. The van der Waals surface area contributed by atoms with Crippen LogP contribution in [0.4, 0.5) is 0 Å². The van der Waals surface area contributed by atoms with E-state index < -0.39 is 0 Å². The monoisotopic (exact) mass is 291 g/mol. The van der Waals surface area contributed by atoms with Gasteiger partial charge in [0.25, 0.3) is 0 Å². The summed E-state index contributed by atoms with van der Waals surface area (Å²) in [6, 6.07) is 5.27. The average Bonchev–Trinajstić information content (AvgIpc) is 2.75. The molecule has 0 radical (unpaired) electrons. The number of rotatable bonds is 5. The Morgan fingerprint density at radius 3 is 2.76 bits per heavy atom. The van der Waals surface area contributed by atoms with Crippen LogP contribution in [0.2, 0.25) is 0 Å². The maximum absolute atomic E-state index is 12.2. The fourth-order valence-electron chi connectivity index (χ4n) is 2.11. The van der Waals surface area contributed by atoms with Crippen LogP contribution in [-0.4, -0.2) is 45.1 Å². The first-order valence-electron chi connectivity index (χ1n) is 6.82. The molecule has 114 valence electrons. The molecule has 7 heteroatoms. The van der Waals surface area contributed by atoms with Crippen molar-refractivity contribution in [2.75, 3.05) is 20.1 Å². The van der Waals surface area contributed by atoms with Gasteiger partial charge in [-0.15, -0.1) is 5.10 Å². The van der Waals surface area contributed by atoms with E-state index in [1.54, 1.807) is 36.3 Å². The van der Waals surface area contributed by atoms with Crippen molar-refractivity contribution < 1.29 is 4.79 Å².